The van der Waals surface area contributed by atoms with Crippen LogP contribution in [0.2, 0.25) is 0 Å². The van der Waals surface area contributed by atoms with E-state index in [1.54, 1.807) is 0 Å². The molecular formula is C25H32F3N5S. The molecule has 1 aliphatic carbocycles. The lowest BCUT2D eigenvalue weighted by atomic mass is 9.69. The molecule has 1 atom stereocenters. The van der Waals surface area contributed by atoms with Gasteiger partial charge in [-0.3, -0.25) is 0 Å². The van der Waals surface area contributed by atoms with Crippen LogP contribution in [-0.2, 0) is 11.6 Å². The van der Waals surface area contributed by atoms with Gasteiger partial charge in [-0.05, 0) is 49.4 Å². The zero-order valence-electron chi connectivity index (χ0n) is 19.5. The van der Waals surface area contributed by atoms with E-state index in [4.69, 9.17) is 12.2 Å². The highest BCUT2D eigenvalue weighted by Crippen LogP contribution is 2.39. The third-order valence-electron chi connectivity index (χ3n) is 6.99. The minimum absolute atomic E-state index is 0.0466. The predicted octanol–water partition coefficient (Wildman–Crippen LogP) is 5.92. The van der Waals surface area contributed by atoms with Gasteiger partial charge in [-0.15, -0.1) is 0 Å². The third-order valence-corrected chi connectivity index (χ3v) is 7.24. The molecule has 4 rings (SSSR count). The van der Waals surface area contributed by atoms with Crippen molar-refractivity contribution in [2.45, 2.75) is 63.5 Å². The van der Waals surface area contributed by atoms with Gasteiger partial charge in [0.15, 0.2) is 10.8 Å². The molecule has 1 saturated heterocycles. The second kappa shape index (κ2) is 10.5. The Morgan fingerprint density at radius 3 is 2.53 bits per heavy atom. The molecule has 9 heteroatoms. The van der Waals surface area contributed by atoms with Crippen LogP contribution in [0.5, 0.6) is 0 Å². The second-order valence-electron chi connectivity index (χ2n) is 9.64. The fraction of sp³-hybridized carbons (Fsp3) is 0.560. The van der Waals surface area contributed by atoms with Gasteiger partial charge in [0.2, 0.25) is 5.95 Å². The molecule has 0 spiro atoms. The number of thiocarbonyl (C=S) groups is 1. The van der Waals surface area contributed by atoms with Crippen LogP contribution in [0.25, 0.3) is 0 Å². The maximum Gasteiger partial charge on any atom is 0.433 e. The van der Waals surface area contributed by atoms with Gasteiger partial charge in [-0.2, -0.15) is 18.2 Å². The Hall–Kier alpha value is -2.42. The van der Waals surface area contributed by atoms with Gasteiger partial charge in [-0.25, -0.2) is 4.98 Å². The van der Waals surface area contributed by atoms with Crippen LogP contribution in [0.15, 0.2) is 36.4 Å². The molecule has 1 aliphatic heterocycles. The van der Waals surface area contributed by atoms with Crippen molar-refractivity contribution in [1.82, 2.24) is 15.3 Å². The van der Waals surface area contributed by atoms with Crippen molar-refractivity contribution in [3.8, 4) is 0 Å². The number of nitrogens with one attached hydrogen (secondary N) is 2. The summed E-state index contributed by atoms with van der Waals surface area (Å²) in [6.45, 7) is 4.07. The maximum absolute atomic E-state index is 13.6. The summed E-state index contributed by atoms with van der Waals surface area (Å²) >= 11 is 5.46. The molecule has 0 bridgehead atoms. The maximum atomic E-state index is 13.6. The lowest BCUT2D eigenvalue weighted by Crippen LogP contribution is -2.43. The molecule has 2 aliphatic rings. The minimum atomic E-state index is -4.57. The number of hydrogen-bond donors (Lipinski definition) is 2. The van der Waals surface area contributed by atoms with Gasteiger partial charge in [0.1, 0.15) is 5.82 Å². The van der Waals surface area contributed by atoms with E-state index >= 15 is 0 Å². The zero-order valence-corrected chi connectivity index (χ0v) is 20.3. The topological polar surface area (TPSA) is 53.1 Å². The van der Waals surface area contributed by atoms with E-state index in [-0.39, 0.29) is 22.3 Å². The first-order valence-electron chi connectivity index (χ1n) is 12.1. The molecule has 5 nitrogen and oxygen atoms in total. The Morgan fingerprint density at radius 2 is 1.85 bits per heavy atom. The van der Waals surface area contributed by atoms with Gasteiger partial charge in [0.25, 0.3) is 0 Å². The first kappa shape index (κ1) is 24.7. The van der Waals surface area contributed by atoms with E-state index in [0.29, 0.717) is 25.6 Å². The van der Waals surface area contributed by atoms with Crippen molar-refractivity contribution < 1.29 is 13.2 Å². The average Bonchev–Trinajstić information content (AvgIpc) is 2.83. The third kappa shape index (κ3) is 5.98. The molecular weight excluding hydrogens is 459 g/mol. The quantitative estimate of drug-likeness (QED) is 0.507. The van der Waals surface area contributed by atoms with E-state index in [9.17, 15) is 13.2 Å². The first-order valence-corrected chi connectivity index (χ1v) is 12.5. The van der Waals surface area contributed by atoms with Crippen molar-refractivity contribution in [3.05, 3.63) is 47.7 Å². The molecule has 0 unspecified atom stereocenters. The van der Waals surface area contributed by atoms with Crippen LogP contribution >= 0.6 is 12.2 Å². The van der Waals surface area contributed by atoms with Crippen molar-refractivity contribution in [2.24, 2.45) is 5.92 Å². The minimum Gasteiger partial charge on any atom is -0.361 e. The largest absolute Gasteiger partial charge is 0.433 e. The average molecular weight is 492 g/mol. The van der Waals surface area contributed by atoms with E-state index in [0.717, 1.165) is 44.6 Å². The molecule has 1 aromatic carbocycles. The standard InChI is InChI=1S/C25H32F3N5S/c1-18-9-8-14-33(16-18)21-15-20(25(26,27)28)30-22(31-21)32-23(34)29-17-24(12-6-3-7-13-24)19-10-4-2-5-11-19/h2,4-5,10-11,15,18H,3,6-9,12-14,16-17H2,1H3,(H2,29,30,31,32,34)/t18-/m1/s1. The molecule has 2 heterocycles. The molecule has 1 aromatic heterocycles. The van der Waals surface area contributed by atoms with Gasteiger partial charge < -0.3 is 15.5 Å². The number of benzene rings is 1. The fourth-order valence-corrected chi connectivity index (χ4v) is 5.34. The number of nitrogens with zero attached hydrogens (tertiary/aromatic N) is 3. The Labute approximate surface area is 204 Å². The summed E-state index contributed by atoms with van der Waals surface area (Å²) in [4.78, 5) is 10.0. The van der Waals surface area contributed by atoms with Crippen LogP contribution in [-0.4, -0.2) is 34.7 Å². The molecule has 0 amide bonds. The number of aromatic nitrogens is 2. The van der Waals surface area contributed by atoms with Crippen molar-refractivity contribution in [3.63, 3.8) is 0 Å². The molecule has 34 heavy (non-hydrogen) atoms. The van der Waals surface area contributed by atoms with E-state index in [1.165, 1.54) is 12.0 Å². The number of hydrogen-bond acceptors (Lipinski definition) is 4. The summed E-state index contributed by atoms with van der Waals surface area (Å²) in [7, 11) is 0. The zero-order chi connectivity index (χ0) is 24.2. The highest BCUT2D eigenvalue weighted by Gasteiger charge is 2.36. The number of anilines is 2. The van der Waals surface area contributed by atoms with Crippen molar-refractivity contribution in [2.75, 3.05) is 29.9 Å². The van der Waals surface area contributed by atoms with Crippen LogP contribution in [0.3, 0.4) is 0 Å². The van der Waals surface area contributed by atoms with Gasteiger partial charge in [0.05, 0.1) is 0 Å². The number of rotatable bonds is 5. The predicted molar refractivity (Wildman–Crippen MR) is 133 cm³/mol. The highest BCUT2D eigenvalue weighted by molar-refractivity contribution is 7.80. The van der Waals surface area contributed by atoms with Gasteiger partial charge in [0, 0.05) is 31.1 Å². The molecule has 184 valence electrons. The van der Waals surface area contributed by atoms with E-state index in [2.05, 4.69) is 39.7 Å². The normalized spacial score (nSPS) is 20.6. The number of alkyl halides is 3. The Morgan fingerprint density at radius 1 is 1.12 bits per heavy atom. The van der Waals surface area contributed by atoms with Crippen molar-refractivity contribution in [1.29, 1.82) is 0 Å². The molecule has 2 fully saturated rings. The summed E-state index contributed by atoms with van der Waals surface area (Å²) < 4.78 is 40.7. The van der Waals surface area contributed by atoms with Gasteiger partial charge in [-0.1, -0.05) is 56.5 Å². The SMILES string of the molecule is C[C@@H]1CCCN(c2cc(C(F)(F)F)nc(NC(=S)NCC3(c4ccccc4)CCCCC3)n2)C1. The number of halogens is 3. The summed E-state index contributed by atoms with van der Waals surface area (Å²) in [5.41, 5.74) is 0.255. The van der Waals surface area contributed by atoms with Crippen LogP contribution < -0.4 is 15.5 Å². The molecule has 0 radical (unpaired) electrons. The summed E-state index contributed by atoms with van der Waals surface area (Å²) in [6, 6.07) is 11.4. The Kier molecular flexibility index (Phi) is 7.60. The van der Waals surface area contributed by atoms with E-state index < -0.39 is 11.9 Å². The molecule has 2 aromatic rings. The van der Waals surface area contributed by atoms with Gasteiger partial charge >= 0.3 is 6.18 Å². The molecule has 1 saturated carbocycles. The fourth-order valence-electron chi connectivity index (χ4n) is 5.18. The van der Waals surface area contributed by atoms with Crippen LogP contribution in [0, 0.1) is 5.92 Å². The second-order valence-corrected chi connectivity index (χ2v) is 10.0. The van der Waals surface area contributed by atoms with Crippen LogP contribution in [0.4, 0.5) is 24.9 Å². The smallest absolute Gasteiger partial charge is 0.361 e. The molecule has 2 N–H and O–H groups in total. The monoisotopic (exact) mass is 491 g/mol. The summed E-state index contributed by atoms with van der Waals surface area (Å²) in [5, 5.41) is 6.31. The number of piperidine rings is 1. The Bertz CT molecular complexity index is 976. The van der Waals surface area contributed by atoms with Crippen molar-refractivity contribution >= 4 is 29.1 Å². The first-order chi connectivity index (χ1) is 16.2. The Balaban J connectivity index is 1.50. The highest BCUT2D eigenvalue weighted by atomic mass is 32.1. The summed E-state index contributed by atoms with van der Waals surface area (Å²) in [6.07, 6.45) is 3.02. The van der Waals surface area contributed by atoms with E-state index in [1.807, 2.05) is 23.1 Å². The summed E-state index contributed by atoms with van der Waals surface area (Å²) in [5.74, 6) is 0.562. The van der Waals surface area contributed by atoms with Crippen LogP contribution in [0.1, 0.15) is 63.1 Å². The lowest BCUT2D eigenvalue weighted by Gasteiger charge is -2.38. The lowest BCUT2D eigenvalue weighted by molar-refractivity contribution is -0.141.